The first-order valence-corrected chi connectivity index (χ1v) is 1.07. The van der Waals surface area contributed by atoms with Gasteiger partial charge in [-0.2, -0.15) is 6.58 Å². The molecule has 0 saturated heterocycles. The molecule has 0 aliphatic heterocycles. The summed E-state index contributed by atoms with van der Waals surface area (Å²) in [5, 5.41) is 0. The third kappa shape index (κ3) is 23.5. The van der Waals surface area contributed by atoms with Crippen LogP contribution in [0.25, 0.3) is 0 Å². The van der Waals surface area contributed by atoms with Crippen LogP contribution in [-0.2, 0) is 32.7 Å². The molecule has 0 spiro atoms. The Labute approximate surface area is 65.2 Å². The van der Waals surface area contributed by atoms with Crippen molar-refractivity contribution in [3.63, 3.8) is 0 Å². The standard InChI is InChI=1S/C4H5.CH4.Y/c1-3-4-2;;/h1,3-4H,2H2;1H4;/q-1;;. The summed E-state index contributed by atoms with van der Waals surface area (Å²) >= 11 is 0. The van der Waals surface area contributed by atoms with Gasteiger partial charge in [0, 0.05) is 32.7 Å². The van der Waals surface area contributed by atoms with Gasteiger partial charge in [-0.3, -0.25) is 6.58 Å². The molecule has 0 unspecified atom stereocenters. The normalized spacial score (nSPS) is 3.33. The molecule has 0 aromatic rings. The zero-order valence-electron chi connectivity index (χ0n) is 3.02. The van der Waals surface area contributed by atoms with Gasteiger partial charge in [-0.25, -0.2) is 12.2 Å². The Hall–Kier alpha value is 0.584. The molecule has 0 rings (SSSR count). The van der Waals surface area contributed by atoms with Gasteiger partial charge in [-0.05, 0) is 0 Å². The van der Waals surface area contributed by atoms with E-state index in [0.717, 1.165) is 0 Å². The van der Waals surface area contributed by atoms with Crippen LogP contribution in [-0.4, -0.2) is 0 Å². The molecule has 0 heterocycles. The fourth-order valence-corrected chi connectivity index (χ4v) is 0. The number of allylic oxidation sites excluding steroid dienone is 2. The van der Waals surface area contributed by atoms with Gasteiger partial charge in [-0.1, -0.05) is 7.43 Å². The molecule has 0 fully saturated rings. The molecule has 0 amide bonds. The van der Waals surface area contributed by atoms with Crippen molar-refractivity contribution in [2.75, 3.05) is 0 Å². The summed E-state index contributed by atoms with van der Waals surface area (Å²) in [6.45, 7) is 8.08. The summed E-state index contributed by atoms with van der Waals surface area (Å²) < 4.78 is 0. The zero-order chi connectivity index (χ0) is 3.41. The van der Waals surface area contributed by atoms with Gasteiger partial charge < -0.3 is 0 Å². The second-order valence-electron chi connectivity index (χ2n) is 0.428. The van der Waals surface area contributed by atoms with Gasteiger partial charge in [-0.15, -0.1) is 0 Å². The van der Waals surface area contributed by atoms with Crippen LogP contribution in [0.3, 0.4) is 0 Å². The minimum absolute atomic E-state index is 0. The summed E-state index contributed by atoms with van der Waals surface area (Å²) in [4.78, 5) is 0. The summed E-state index contributed by atoms with van der Waals surface area (Å²) in [5.74, 6) is 0. The number of hydrogen-bond acceptors (Lipinski definition) is 0. The first kappa shape index (κ1) is 16.0. The first-order chi connectivity index (χ1) is 1.91. The Morgan fingerprint density at radius 3 is 1.67 bits per heavy atom. The van der Waals surface area contributed by atoms with Gasteiger partial charge in [0.1, 0.15) is 0 Å². The van der Waals surface area contributed by atoms with Crippen LogP contribution in [0, 0.1) is 6.58 Å². The van der Waals surface area contributed by atoms with Crippen molar-refractivity contribution in [1.82, 2.24) is 0 Å². The molecule has 0 bridgehead atoms. The zero-order valence-corrected chi connectivity index (χ0v) is 5.85. The molecule has 0 aliphatic carbocycles. The fraction of sp³-hybridized carbons (Fsp3) is 0.200. The average molecular weight is 158 g/mol. The van der Waals surface area contributed by atoms with Crippen LogP contribution in [0.15, 0.2) is 18.7 Å². The summed E-state index contributed by atoms with van der Waals surface area (Å²) in [6.07, 6.45) is 2.92. The van der Waals surface area contributed by atoms with Crippen molar-refractivity contribution < 1.29 is 32.7 Å². The number of hydrogen-bond donors (Lipinski definition) is 0. The minimum Gasteiger partial charge on any atom is -0.293 e. The van der Waals surface area contributed by atoms with Crippen molar-refractivity contribution in [3.8, 4) is 0 Å². The van der Waals surface area contributed by atoms with Crippen LogP contribution >= 0.6 is 0 Å². The third-order valence-corrected chi connectivity index (χ3v) is 0.136. The molecule has 33 valence electrons. The molecule has 6 heavy (non-hydrogen) atoms. The Bertz CT molecular complexity index is 24.9. The molecule has 0 aromatic heterocycles. The van der Waals surface area contributed by atoms with Gasteiger partial charge in [0.05, 0.1) is 0 Å². The molecular formula is C5H9Y-. The maximum absolute atomic E-state index is 4.78. The van der Waals surface area contributed by atoms with Crippen LogP contribution in [0.2, 0.25) is 0 Å². The molecular weight excluding hydrogens is 149 g/mol. The fourth-order valence-electron chi connectivity index (χ4n) is 0. The second kappa shape index (κ2) is 17.6. The van der Waals surface area contributed by atoms with Crippen LogP contribution < -0.4 is 0 Å². The van der Waals surface area contributed by atoms with Gasteiger partial charge in [0.2, 0.25) is 0 Å². The Balaban J connectivity index is -0.0000000450. The molecule has 0 aromatic carbocycles. The van der Waals surface area contributed by atoms with E-state index in [0.29, 0.717) is 0 Å². The Morgan fingerprint density at radius 1 is 1.50 bits per heavy atom. The maximum atomic E-state index is 4.78. The van der Waals surface area contributed by atoms with Crippen molar-refractivity contribution >= 4 is 0 Å². The van der Waals surface area contributed by atoms with E-state index in [-0.39, 0.29) is 40.1 Å². The summed E-state index contributed by atoms with van der Waals surface area (Å²) in [7, 11) is 0. The first-order valence-electron chi connectivity index (χ1n) is 1.07. The van der Waals surface area contributed by atoms with Gasteiger partial charge >= 0.3 is 0 Å². The van der Waals surface area contributed by atoms with Crippen molar-refractivity contribution in [3.05, 3.63) is 25.3 Å². The topological polar surface area (TPSA) is 0 Å². The van der Waals surface area contributed by atoms with E-state index in [2.05, 4.69) is 6.58 Å². The van der Waals surface area contributed by atoms with E-state index in [1.807, 2.05) is 0 Å². The van der Waals surface area contributed by atoms with E-state index in [1.165, 1.54) is 12.2 Å². The van der Waals surface area contributed by atoms with E-state index in [1.54, 1.807) is 0 Å². The predicted octanol–water partition coefficient (Wildman–Crippen LogP) is 1.80. The molecule has 1 radical (unpaired) electrons. The Morgan fingerprint density at radius 2 is 1.67 bits per heavy atom. The molecule has 0 nitrogen and oxygen atoms in total. The van der Waals surface area contributed by atoms with Crippen LogP contribution in [0.4, 0.5) is 0 Å². The third-order valence-electron chi connectivity index (χ3n) is 0.136. The van der Waals surface area contributed by atoms with Gasteiger partial charge in [0.15, 0.2) is 0 Å². The quantitative estimate of drug-likeness (QED) is 0.403. The maximum Gasteiger partial charge on any atom is 0 e. The van der Waals surface area contributed by atoms with E-state index >= 15 is 0 Å². The molecule has 0 aliphatic rings. The van der Waals surface area contributed by atoms with E-state index in [9.17, 15) is 0 Å². The minimum atomic E-state index is 0. The van der Waals surface area contributed by atoms with E-state index < -0.39 is 0 Å². The van der Waals surface area contributed by atoms with E-state index in [4.69, 9.17) is 6.58 Å². The monoisotopic (exact) mass is 158 g/mol. The number of rotatable bonds is 1. The van der Waals surface area contributed by atoms with Crippen molar-refractivity contribution in [1.29, 1.82) is 0 Å². The summed E-state index contributed by atoms with van der Waals surface area (Å²) in [6, 6.07) is 0. The smallest absolute Gasteiger partial charge is 0 e. The SMILES string of the molecule is C.[CH-]=CC=C.[Y]. The Kier molecular flexibility index (Phi) is 46.8. The second-order valence-corrected chi connectivity index (χ2v) is 0.428. The molecule has 0 atom stereocenters. The summed E-state index contributed by atoms with van der Waals surface area (Å²) in [5.41, 5.74) is 0. The van der Waals surface area contributed by atoms with Crippen molar-refractivity contribution in [2.24, 2.45) is 0 Å². The molecule has 0 N–H and O–H groups in total. The average Bonchev–Trinajstić information content (AvgIpc) is 1.37. The predicted molar refractivity (Wildman–Crippen MR) is 25.8 cm³/mol. The van der Waals surface area contributed by atoms with Crippen LogP contribution in [0.5, 0.6) is 0 Å². The van der Waals surface area contributed by atoms with Crippen LogP contribution in [0.1, 0.15) is 7.43 Å². The van der Waals surface area contributed by atoms with Crippen molar-refractivity contribution in [2.45, 2.75) is 7.43 Å². The molecule has 0 saturated carbocycles. The molecule has 1 heteroatoms. The largest absolute Gasteiger partial charge is 0.293 e. The van der Waals surface area contributed by atoms with Gasteiger partial charge in [0.25, 0.3) is 0 Å².